The molecule has 3 aromatic rings. The van der Waals surface area contributed by atoms with E-state index in [-0.39, 0.29) is 12.5 Å². The first kappa shape index (κ1) is 20.7. The average Bonchev–Trinajstić information content (AvgIpc) is 2.74. The van der Waals surface area contributed by atoms with E-state index in [9.17, 15) is 4.79 Å². The number of carbonyl (C=O) groups excluding carboxylic acids is 1. The number of nitrogens with zero attached hydrogens (tertiary/aromatic N) is 1. The summed E-state index contributed by atoms with van der Waals surface area (Å²) >= 11 is 11.7. The Morgan fingerprint density at radius 3 is 2.31 bits per heavy atom. The van der Waals surface area contributed by atoms with Crippen molar-refractivity contribution in [3.8, 4) is 5.75 Å². The minimum absolute atomic E-state index is 0.0910. The molecular formula is C22H19Cl2N3O2. The van der Waals surface area contributed by atoms with E-state index in [2.05, 4.69) is 15.8 Å². The molecule has 0 fully saturated rings. The molecule has 5 nitrogen and oxygen atoms in total. The third-order valence-corrected chi connectivity index (χ3v) is 4.42. The van der Waals surface area contributed by atoms with E-state index in [0.29, 0.717) is 22.4 Å². The molecule has 3 rings (SSSR count). The normalized spacial score (nSPS) is 10.7. The highest BCUT2D eigenvalue weighted by atomic mass is 35.5. The Labute approximate surface area is 179 Å². The first-order valence-corrected chi connectivity index (χ1v) is 9.63. The maximum atomic E-state index is 11.9. The molecule has 0 saturated heterocycles. The van der Waals surface area contributed by atoms with E-state index in [1.165, 1.54) is 0 Å². The lowest BCUT2D eigenvalue weighted by Crippen LogP contribution is -2.25. The number of rotatable bonds is 8. The molecule has 148 valence electrons. The van der Waals surface area contributed by atoms with Crippen LogP contribution in [0.4, 0.5) is 5.69 Å². The molecule has 0 heterocycles. The summed E-state index contributed by atoms with van der Waals surface area (Å²) in [5, 5.41) is 8.33. The largest absolute Gasteiger partial charge is 0.488 e. The van der Waals surface area contributed by atoms with E-state index in [1.807, 2.05) is 48.5 Å². The van der Waals surface area contributed by atoms with Gasteiger partial charge in [-0.1, -0.05) is 47.5 Å². The monoisotopic (exact) mass is 427 g/mol. The minimum atomic E-state index is -0.268. The standard InChI is InChI=1S/C22H19Cl2N3O2/c23-18-7-5-16(6-8-18)15-29-21-4-2-1-3-17(21)13-26-27-22(28)14-25-20-11-9-19(24)10-12-20/h1-13,25H,14-15H2,(H,27,28)/b26-13-. The quantitative estimate of drug-likeness (QED) is 0.386. The Hall–Kier alpha value is -3.02. The van der Waals surface area contributed by atoms with Crippen molar-refractivity contribution in [2.75, 3.05) is 11.9 Å². The number of hydrazone groups is 1. The molecule has 0 aromatic heterocycles. The van der Waals surface area contributed by atoms with Crippen LogP contribution >= 0.6 is 23.2 Å². The third kappa shape index (κ3) is 6.82. The van der Waals surface area contributed by atoms with Crippen LogP contribution in [0.2, 0.25) is 10.0 Å². The number of carbonyl (C=O) groups is 1. The van der Waals surface area contributed by atoms with Gasteiger partial charge in [0.05, 0.1) is 12.8 Å². The molecule has 29 heavy (non-hydrogen) atoms. The molecule has 0 saturated carbocycles. The highest BCUT2D eigenvalue weighted by Crippen LogP contribution is 2.18. The Balaban J connectivity index is 1.51. The summed E-state index contributed by atoms with van der Waals surface area (Å²) in [5.41, 5.74) is 5.05. The summed E-state index contributed by atoms with van der Waals surface area (Å²) in [7, 11) is 0. The molecule has 0 bridgehead atoms. The van der Waals surface area contributed by atoms with Gasteiger partial charge in [0.15, 0.2) is 0 Å². The SMILES string of the molecule is O=C(CNc1ccc(Cl)cc1)N/N=C\c1ccccc1OCc1ccc(Cl)cc1. The van der Waals surface area contributed by atoms with Crippen LogP contribution in [-0.2, 0) is 11.4 Å². The summed E-state index contributed by atoms with van der Waals surface area (Å²) in [4.78, 5) is 11.9. The van der Waals surface area contributed by atoms with Crippen molar-refractivity contribution in [3.63, 3.8) is 0 Å². The van der Waals surface area contributed by atoms with Gasteiger partial charge in [-0.3, -0.25) is 4.79 Å². The van der Waals surface area contributed by atoms with Crippen LogP contribution in [0.1, 0.15) is 11.1 Å². The Morgan fingerprint density at radius 1 is 0.931 bits per heavy atom. The number of ether oxygens (including phenoxy) is 1. The van der Waals surface area contributed by atoms with E-state index >= 15 is 0 Å². The number of hydrogen-bond donors (Lipinski definition) is 2. The number of amides is 1. The van der Waals surface area contributed by atoms with Gasteiger partial charge in [0, 0.05) is 21.3 Å². The average molecular weight is 428 g/mol. The summed E-state index contributed by atoms with van der Waals surface area (Å²) in [6.07, 6.45) is 1.55. The Morgan fingerprint density at radius 2 is 1.59 bits per heavy atom. The first-order valence-electron chi connectivity index (χ1n) is 8.88. The zero-order valence-corrected chi connectivity index (χ0v) is 17.0. The lowest BCUT2D eigenvalue weighted by atomic mass is 10.2. The molecule has 1 amide bonds. The van der Waals surface area contributed by atoms with Gasteiger partial charge in [-0.2, -0.15) is 5.10 Å². The molecule has 0 aliphatic heterocycles. The second-order valence-corrected chi connectivity index (χ2v) is 6.98. The van der Waals surface area contributed by atoms with Gasteiger partial charge in [0.2, 0.25) is 0 Å². The lowest BCUT2D eigenvalue weighted by Gasteiger charge is -2.09. The summed E-state index contributed by atoms with van der Waals surface area (Å²) in [6, 6.07) is 22.0. The van der Waals surface area contributed by atoms with Crippen molar-refractivity contribution in [3.05, 3.63) is 94.0 Å². The Bertz CT molecular complexity index is 974. The fraction of sp³-hybridized carbons (Fsp3) is 0.0909. The van der Waals surface area contributed by atoms with Gasteiger partial charge < -0.3 is 10.1 Å². The molecule has 7 heteroatoms. The van der Waals surface area contributed by atoms with Gasteiger partial charge >= 0.3 is 0 Å². The fourth-order valence-electron chi connectivity index (χ4n) is 2.42. The van der Waals surface area contributed by atoms with Crippen molar-refractivity contribution >= 4 is 41.0 Å². The van der Waals surface area contributed by atoms with Crippen molar-refractivity contribution in [2.24, 2.45) is 5.10 Å². The van der Waals surface area contributed by atoms with Crippen molar-refractivity contribution in [1.82, 2.24) is 5.43 Å². The number of anilines is 1. The molecule has 3 aromatic carbocycles. The molecule has 2 N–H and O–H groups in total. The van der Waals surface area contributed by atoms with Crippen LogP contribution in [0.25, 0.3) is 0 Å². The predicted octanol–water partition coefficient (Wildman–Crippen LogP) is 5.13. The number of para-hydroxylation sites is 1. The zero-order valence-electron chi connectivity index (χ0n) is 15.4. The summed E-state index contributed by atoms with van der Waals surface area (Å²) < 4.78 is 5.87. The maximum Gasteiger partial charge on any atom is 0.259 e. The van der Waals surface area contributed by atoms with E-state index in [4.69, 9.17) is 27.9 Å². The molecule has 0 radical (unpaired) electrons. The van der Waals surface area contributed by atoms with Crippen LogP contribution in [0.5, 0.6) is 5.75 Å². The van der Waals surface area contributed by atoms with E-state index in [1.54, 1.807) is 30.5 Å². The van der Waals surface area contributed by atoms with Crippen LogP contribution in [-0.4, -0.2) is 18.7 Å². The molecule has 0 spiro atoms. The molecule has 0 unspecified atom stereocenters. The van der Waals surface area contributed by atoms with Gasteiger partial charge in [-0.25, -0.2) is 5.43 Å². The predicted molar refractivity (Wildman–Crippen MR) is 118 cm³/mol. The summed E-state index contributed by atoms with van der Waals surface area (Å²) in [5.74, 6) is 0.399. The van der Waals surface area contributed by atoms with Crippen LogP contribution in [0.15, 0.2) is 77.9 Å². The molecular weight excluding hydrogens is 409 g/mol. The number of benzene rings is 3. The maximum absolute atomic E-state index is 11.9. The molecule has 0 atom stereocenters. The van der Waals surface area contributed by atoms with E-state index in [0.717, 1.165) is 16.8 Å². The van der Waals surface area contributed by atoms with Gasteiger partial charge in [-0.15, -0.1) is 0 Å². The van der Waals surface area contributed by atoms with Gasteiger partial charge in [0.1, 0.15) is 12.4 Å². The third-order valence-electron chi connectivity index (χ3n) is 3.92. The molecule has 0 aliphatic rings. The second-order valence-electron chi connectivity index (χ2n) is 6.11. The van der Waals surface area contributed by atoms with Gasteiger partial charge in [0.25, 0.3) is 5.91 Å². The van der Waals surface area contributed by atoms with Crippen molar-refractivity contribution in [2.45, 2.75) is 6.61 Å². The van der Waals surface area contributed by atoms with E-state index < -0.39 is 0 Å². The number of nitrogens with one attached hydrogen (secondary N) is 2. The van der Waals surface area contributed by atoms with Gasteiger partial charge in [-0.05, 0) is 54.1 Å². The van der Waals surface area contributed by atoms with Crippen LogP contribution in [0, 0.1) is 0 Å². The topological polar surface area (TPSA) is 62.7 Å². The van der Waals surface area contributed by atoms with Crippen molar-refractivity contribution < 1.29 is 9.53 Å². The smallest absolute Gasteiger partial charge is 0.259 e. The molecule has 0 aliphatic carbocycles. The highest BCUT2D eigenvalue weighted by molar-refractivity contribution is 6.30. The number of halogens is 2. The Kier molecular flexibility index (Phi) is 7.50. The van der Waals surface area contributed by atoms with Crippen LogP contribution < -0.4 is 15.5 Å². The minimum Gasteiger partial charge on any atom is -0.488 e. The lowest BCUT2D eigenvalue weighted by molar-refractivity contribution is -0.119. The highest BCUT2D eigenvalue weighted by Gasteiger charge is 2.03. The van der Waals surface area contributed by atoms with Crippen molar-refractivity contribution in [1.29, 1.82) is 0 Å². The second kappa shape index (κ2) is 10.5. The summed E-state index contributed by atoms with van der Waals surface area (Å²) in [6.45, 7) is 0.493. The zero-order chi connectivity index (χ0) is 20.5. The number of hydrogen-bond acceptors (Lipinski definition) is 4. The van der Waals surface area contributed by atoms with Crippen LogP contribution in [0.3, 0.4) is 0 Å². The first-order chi connectivity index (χ1) is 14.1. The fourth-order valence-corrected chi connectivity index (χ4v) is 2.68.